The Morgan fingerprint density at radius 3 is 2.45 bits per heavy atom. The van der Waals surface area contributed by atoms with Crippen LogP contribution in [0, 0.1) is 6.92 Å². The van der Waals surface area contributed by atoms with Gasteiger partial charge in [-0.3, -0.25) is 0 Å². The highest BCUT2D eigenvalue weighted by atomic mass is 35.5. The maximum absolute atomic E-state index is 6.19. The zero-order chi connectivity index (χ0) is 14.5. The van der Waals surface area contributed by atoms with Crippen molar-refractivity contribution < 1.29 is 0 Å². The van der Waals surface area contributed by atoms with Gasteiger partial charge >= 0.3 is 0 Å². The van der Waals surface area contributed by atoms with Gasteiger partial charge in [0, 0.05) is 11.1 Å². The van der Waals surface area contributed by atoms with Gasteiger partial charge < -0.3 is 5.32 Å². The lowest BCUT2D eigenvalue weighted by molar-refractivity contribution is 0.565. The van der Waals surface area contributed by atoms with Gasteiger partial charge in [-0.1, -0.05) is 48.0 Å². The molecule has 0 radical (unpaired) electrons. The van der Waals surface area contributed by atoms with Crippen LogP contribution in [0.5, 0.6) is 0 Å². The van der Waals surface area contributed by atoms with Crippen LogP contribution in [0.25, 0.3) is 11.1 Å². The van der Waals surface area contributed by atoms with E-state index in [2.05, 4.69) is 49.5 Å². The van der Waals surface area contributed by atoms with Gasteiger partial charge in [-0.05, 0) is 62.1 Å². The zero-order valence-electron chi connectivity index (χ0n) is 12.4. The second-order valence-corrected chi connectivity index (χ2v) is 5.74. The summed E-state index contributed by atoms with van der Waals surface area (Å²) in [4.78, 5) is 0. The molecule has 0 bridgehead atoms. The maximum atomic E-state index is 6.19. The largest absolute Gasteiger partial charge is 0.317 e. The van der Waals surface area contributed by atoms with Gasteiger partial charge in [0.15, 0.2) is 0 Å². The van der Waals surface area contributed by atoms with Gasteiger partial charge in [-0.25, -0.2) is 0 Å². The van der Waals surface area contributed by atoms with E-state index < -0.39 is 0 Å². The molecule has 1 unspecified atom stereocenters. The molecule has 0 aromatic heterocycles. The number of hydrogen-bond acceptors (Lipinski definition) is 1. The predicted octanol–water partition coefficient (Wildman–Crippen LogP) is 4.86. The van der Waals surface area contributed by atoms with Gasteiger partial charge in [0.2, 0.25) is 0 Å². The first-order chi connectivity index (χ1) is 9.61. The molecule has 0 aliphatic rings. The molecule has 0 saturated carbocycles. The van der Waals surface area contributed by atoms with Gasteiger partial charge in [-0.2, -0.15) is 0 Å². The minimum atomic E-state index is 0.560. The van der Waals surface area contributed by atoms with Gasteiger partial charge in [-0.15, -0.1) is 0 Å². The lowest BCUT2D eigenvalue weighted by atomic mass is 9.98. The van der Waals surface area contributed by atoms with Crippen molar-refractivity contribution in [1.29, 1.82) is 0 Å². The third-order valence-electron chi connectivity index (χ3n) is 3.89. The molecule has 0 spiro atoms. The number of benzene rings is 2. The second kappa shape index (κ2) is 6.92. The first kappa shape index (κ1) is 15.1. The fraction of sp³-hybridized carbons (Fsp3) is 0.333. The number of halogens is 1. The number of nitrogens with one attached hydrogen (secondary N) is 1. The SMILES string of the molecule is CNC(C)CCc1ccc(-c2cccc(Cl)c2C)cc1. The average Bonchev–Trinajstić information content (AvgIpc) is 2.48. The molecule has 1 N–H and O–H groups in total. The van der Waals surface area contributed by atoms with Crippen LogP contribution in [0.1, 0.15) is 24.5 Å². The van der Waals surface area contributed by atoms with E-state index in [9.17, 15) is 0 Å². The van der Waals surface area contributed by atoms with Crippen LogP contribution in [0.15, 0.2) is 42.5 Å². The smallest absolute Gasteiger partial charge is 0.0441 e. The lowest BCUT2D eigenvalue weighted by Gasteiger charge is -2.11. The van der Waals surface area contributed by atoms with Crippen LogP contribution in [-0.4, -0.2) is 13.1 Å². The van der Waals surface area contributed by atoms with Crippen molar-refractivity contribution in [2.75, 3.05) is 7.05 Å². The topological polar surface area (TPSA) is 12.0 Å². The Bertz CT molecular complexity index is 560. The van der Waals surface area contributed by atoms with Crippen molar-refractivity contribution >= 4 is 11.6 Å². The van der Waals surface area contributed by atoms with E-state index in [1.807, 2.05) is 19.2 Å². The Labute approximate surface area is 127 Å². The normalized spacial score (nSPS) is 12.4. The molecule has 0 aliphatic heterocycles. The molecular formula is C18H22ClN. The Kier molecular flexibility index (Phi) is 5.22. The summed E-state index contributed by atoms with van der Waals surface area (Å²) in [5, 5.41) is 4.10. The van der Waals surface area contributed by atoms with Crippen LogP contribution in [-0.2, 0) is 6.42 Å². The van der Waals surface area contributed by atoms with E-state index in [1.54, 1.807) is 0 Å². The molecule has 20 heavy (non-hydrogen) atoms. The Hall–Kier alpha value is -1.31. The van der Waals surface area contributed by atoms with E-state index in [1.165, 1.54) is 16.7 Å². The summed E-state index contributed by atoms with van der Waals surface area (Å²) in [5.74, 6) is 0. The summed E-state index contributed by atoms with van der Waals surface area (Å²) in [5.41, 5.74) is 4.98. The number of rotatable bonds is 5. The van der Waals surface area contributed by atoms with E-state index in [0.29, 0.717) is 6.04 Å². The molecule has 0 aliphatic carbocycles. The van der Waals surface area contributed by atoms with Crippen molar-refractivity contribution in [1.82, 2.24) is 5.32 Å². The van der Waals surface area contributed by atoms with Gasteiger partial charge in [0.05, 0.1) is 0 Å². The van der Waals surface area contributed by atoms with Crippen LogP contribution in [0.3, 0.4) is 0 Å². The summed E-state index contributed by atoms with van der Waals surface area (Å²) in [7, 11) is 2.01. The van der Waals surface area contributed by atoms with Gasteiger partial charge in [0.1, 0.15) is 0 Å². The molecule has 0 fully saturated rings. The van der Waals surface area contributed by atoms with Crippen molar-refractivity contribution in [2.24, 2.45) is 0 Å². The van der Waals surface area contributed by atoms with Gasteiger partial charge in [0.25, 0.3) is 0 Å². The standard InChI is InChI=1S/C18H22ClN/c1-13(20-3)7-8-15-9-11-16(12-10-15)17-5-4-6-18(19)14(17)2/h4-6,9-13,20H,7-8H2,1-3H3. The van der Waals surface area contributed by atoms with E-state index in [0.717, 1.165) is 23.4 Å². The van der Waals surface area contributed by atoms with Crippen LogP contribution >= 0.6 is 11.6 Å². The molecule has 2 aromatic rings. The second-order valence-electron chi connectivity index (χ2n) is 5.34. The van der Waals surface area contributed by atoms with Crippen LogP contribution in [0.2, 0.25) is 5.02 Å². The first-order valence-electron chi connectivity index (χ1n) is 7.13. The summed E-state index contributed by atoms with van der Waals surface area (Å²) in [6, 6.07) is 15.5. The molecule has 1 atom stereocenters. The fourth-order valence-electron chi connectivity index (χ4n) is 2.30. The number of hydrogen-bond donors (Lipinski definition) is 1. The Balaban J connectivity index is 2.14. The summed E-state index contributed by atoms with van der Waals surface area (Å²) in [6.07, 6.45) is 2.27. The molecule has 2 rings (SSSR count). The highest BCUT2D eigenvalue weighted by molar-refractivity contribution is 6.31. The molecular weight excluding hydrogens is 266 g/mol. The van der Waals surface area contributed by atoms with E-state index in [-0.39, 0.29) is 0 Å². The van der Waals surface area contributed by atoms with Crippen molar-refractivity contribution in [3.8, 4) is 11.1 Å². The highest BCUT2D eigenvalue weighted by Crippen LogP contribution is 2.28. The molecule has 2 heteroatoms. The number of aryl methyl sites for hydroxylation is 1. The highest BCUT2D eigenvalue weighted by Gasteiger charge is 2.05. The summed E-state index contributed by atoms with van der Waals surface area (Å²) in [6.45, 7) is 4.28. The third kappa shape index (κ3) is 3.62. The molecule has 2 aromatic carbocycles. The molecule has 0 amide bonds. The van der Waals surface area contributed by atoms with Crippen LogP contribution < -0.4 is 5.32 Å². The summed E-state index contributed by atoms with van der Waals surface area (Å²) < 4.78 is 0. The van der Waals surface area contributed by atoms with Crippen molar-refractivity contribution in [3.05, 3.63) is 58.6 Å². The minimum absolute atomic E-state index is 0.560. The minimum Gasteiger partial charge on any atom is -0.317 e. The average molecular weight is 288 g/mol. The van der Waals surface area contributed by atoms with Crippen LogP contribution in [0.4, 0.5) is 0 Å². The quantitative estimate of drug-likeness (QED) is 0.828. The molecule has 1 nitrogen and oxygen atoms in total. The summed E-state index contributed by atoms with van der Waals surface area (Å²) >= 11 is 6.19. The Morgan fingerprint density at radius 2 is 1.80 bits per heavy atom. The molecule has 0 saturated heterocycles. The van der Waals surface area contributed by atoms with E-state index >= 15 is 0 Å². The van der Waals surface area contributed by atoms with E-state index in [4.69, 9.17) is 11.6 Å². The Morgan fingerprint density at radius 1 is 1.10 bits per heavy atom. The van der Waals surface area contributed by atoms with Crippen molar-refractivity contribution in [3.63, 3.8) is 0 Å². The molecule has 0 heterocycles. The maximum Gasteiger partial charge on any atom is 0.0441 e. The third-order valence-corrected chi connectivity index (χ3v) is 4.30. The lowest BCUT2D eigenvalue weighted by Crippen LogP contribution is -2.21. The molecule has 106 valence electrons. The first-order valence-corrected chi connectivity index (χ1v) is 7.51. The van der Waals surface area contributed by atoms with Crippen molar-refractivity contribution in [2.45, 2.75) is 32.7 Å². The fourth-order valence-corrected chi connectivity index (χ4v) is 2.47. The predicted molar refractivity (Wildman–Crippen MR) is 88.5 cm³/mol. The zero-order valence-corrected chi connectivity index (χ0v) is 13.2. The monoisotopic (exact) mass is 287 g/mol.